The van der Waals surface area contributed by atoms with E-state index in [1.807, 2.05) is 24.1 Å². The van der Waals surface area contributed by atoms with Crippen molar-refractivity contribution in [3.05, 3.63) is 18.0 Å². The number of nitrogens with zero attached hydrogens (tertiary/aromatic N) is 2. The van der Waals surface area contributed by atoms with E-state index in [0.717, 1.165) is 58.1 Å². The smallest absolute Gasteiger partial charge is 0.315 e. The quantitative estimate of drug-likeness (QED) is 0.777. The van der Waals surface area contributed by atoms with Gasteiger partial charge in [-0.05, 0) is 50.5 Å². The minimum Gasteiger partial charge on any atom is -0.375 e. The first-order valence-corrected chi connectivity index (χ1v) is 9.81. The zero-order chi connectivity index (χ0) is 17.5. The fraction of sp³-hybridized carbons (Fsp3) is 0.789. The highest BCUT2D eigenvalue weighted by Crippen LogP contribution is 2.38. The molecule has 2 fully saturated rings. The lowest BCUT2D eigenvalue weighted by molar-refractivity contribution is -0.107. The van der Waals surface area contributed by atoms with Gasteiger partial charge in [0.1, 0.15) is 0 Å². The molecule has 0 aromatic carbocycles. The van der Waals surface area contributed by atoms with E-state index >= 15 is 0 Å². The standard InChI is InChI=1S/C19H32N4O2/c1-23-15-16(14-21-23)7-3-6-11-20-18(24)22-17-8-12-25-19(13-17)9-4-2-5-10-19/h14-15,17H,2-13H2,1H3,(H2,20,22,24)/t17-/m0/s1. The maximum atomic E-state index is 12.1. The molecule has 1 saturated heterocycles. The van der Waals surface area contributed by atoms with E-state index in [9.17, 15) is 4.79 Å². The molecule has 3 rings (SSSR count). The zero-order valence-corrected chi connectivity index (χ0v) is 15.4. The minimum absolute atomic E-state index is 0.0285. The number of carbonyl (C=O) groups is 1. The molecule has 0 bridgehead atoms. The first kappa shape index (κ1) is 18.2. The maximum Gasteiger partial charge on any atom is 0.315 e. The lowest BCUT2D eigenvalue weighted by Crippen LogP contribution is -2.51. The van der Waals surface area contributed by atoms with Gasteiger partial charge in [-0.15, -0.1) is 0 Å². The number of nitrogens with one attached hydrogen (secondary N) is 2. The van der Waals surface area contributed by atoms with E-state index in [1.54, 1.807) is 0 Å². The molecule has 0 unspecified atom stereocenters. The number of aromatic nitrogens is 2. The Balaban J connectivity index is 1.30. The third-order valence-corrected chi connectivity index (χ3v) is 5.53. The van der Waals surface area contributed by atoms with Gasteiger partial charge in [0, 0.05) is 32.4 Å². The van der Waals surface area contributed by atoms with Crippen LogP contribution in [-0.4, -0.2) is 40.6 Å². The van der Waals surface area contributed by atoms with Crippen LogP contribution in [0.5, 0.6) is 0 Å². The summed E-state index contributed by atoms with van der Waals surface area (Å²) in [6.45, 7) is 1.50. The van der Waals surface area contributed by atoms with Crippen molar-refractivity contribution in [2.24, 2.45) is 7.05 Å². The molecule has 2 heterocycles. The second kappa shape index (κ2) is 8.70. The van der Waals surface area contributed by atoms with Crippen molar-refractivity contribution >= 4 is 6.03 Å². The van der Waals surface area contributed by atoms with E-state index in [-0.39, 0.29) is 17.7 Å². The highest BCUT2D eigenvalue weighted by atomic mass is 16.5. The van der Waals surface area contributed by atoms with E-state index in [0.29, 0.717) is 0 Å². The lowest BCUT2D eigenvalue weighted by atomic mass is 9.78. The van der Waals surface area contributed by atoms with Crippen molar-refractivity contribution < 1.29 is 9.53 Å². The maximum absolute atomic E-state index is 12.1. The van der Waals surface area contributed by atoms with Crippen LogP contribution in [0.1, 0.15) is 63.4 Å². The van der Waals surface area contributed by atoms with Crippen LogP contribution in [0.3, 0.4) is 0 Å². The average molecular weight is 348 g/mol. The highest BCUT2D eigenvalue weighted by Gasteiger charge is 2.38. The Morgan fingerprint density at radius 1 is 1.36 bits per heavy atom. The first-order valence-electron chi connectivity index (χ1n) is 9.81. The Labute approximate surface area is 150 Å². The van der Waals surface area contributed by atoms with Crippen LogP contribution >= 0.6 is 0 Å². The molecule has 2 aliphatic rings. The molecule has 1 aromatic rings. The molecule has 1 aliphatic carbocycles. The summed E-state index contributed by atoms with van der Waals surface area (Å²) in [6, 6.07) is 0.224. The molecule has 6 heteroatoms. The van der Waals surface area contributed by atoms with E-state index in [1.165, 1.54) is 24.8 Å². The summed E-state index contributed by atoms with van der Waals surface area (Å²) >= 11 is 0. The lowest BCUT2D eigenvalue weighted by Gasteiger charge is -2.43. The summed E-state index contributed by atoms with van der Waals surface area (Å²) in [7, 11) is 1.93. The van der Waals surface area contributed by atoms with Crippen molar-refractivity contribution in [2.75, 3.05) is 13.2 Å². The van der Waals surface area contributed by atoms with Gasteiger partial charge < -0.3 is 15.4 Å². The van der Waals surface area contributed by atoms with Crippen molar-refractivity contribution in [2.45, 2.75) is 75.9 Å². The van der Waals surface area contributed by atoms with Crippen molar-refractivity contribution in [1.82, 2.24) is 20.4 Å². The Morgan fingerprint density at radius 3 is 2.96 bits per heavy atom. The van der Waals surface area contributed by atoms with Crippen LogP contribution in [0.4, 0.5) is 4.79 Å². The molecular formula is C19H32N4O2. The van der Waals surface area contributed by atoms with Crippen LogP contribution in [0.2, 0.25) is 0 Å². The van der Waals surface area contributed by atoms with Gasteiger partial charge >= 0.3 is 6.03 Å². The largest absolute Gasteiger partial charge is 0.375 e. The molecule has 1 spiro atoms. The first-order chi connectivity index (χ1) is 12.2. The van der Waals surface area contributed by atoms with Gasteiger partial charge in [0.05, 0.1) is 11.8 Å². The Morgan fingerprint density at radius 2 is 2.20 bits per heavy atom. The summed E-state index contributed by atoms with van der Waals surface area (Å²) in [5.74, 6) is 0. The molecule has 6 nitrogen and oxygen atoms in total. The fourth-order valence-corrected chi connectivity index (χ4v) is 4.19. The fourth-order valence-electron chi connectivity index (χ4n) is 4.19. The van der Waals surface area contributed by atoms with Crippen molar-refractivity contribution in [3.63, 3.8) is 0 Å². The SMILES string of the molecule is Cn1cc(CCCCNC(=O)N[C@H]2CCOC3(CCCCC3)C2)cn1. The Kier molecular flexibility index (Phi) is 6.34. The van der Waals surface area contributed by atoms with E-state index in [2.05, 4.69) is 15.7 Å². The number of urea groups is 1. The van der Waals surface area contributed by atoms with Crippen molar-refractivity contribution in [1.29, 1.82) is 0 Å². The predicted molar refractivity (Wildman–Crippen MR) is 97.5 cm³/mol. The third-order valence-electron chi connectivity index (χ3n) is 5.53. The molecule has 0 radical (unpaired) electrons. The normalized spacial score (nSPS) is 22.7. The molecule has 140 valence electrons. The minimum atomic E-state index is -0.0285. The Hall–Kier alpha value is -1.56. The second-order valence-electron chi connectivity index (χ2n) is 7.66. The molecule has 25 heavy (non-hydrogen) atoms. The molecular weight excluding hydrogens is 316 g/mol. The monoisotopic (exact) mass is 348 g/mol. The third kappa shape index (κ3) is 5.46. The molecule has 2 amide bonds. The van der Waals surface area contributed by atoms with Gasteiger partial charge in [0.15, 0.2) is 0 Å². The second-order valence-corrected chi connectivity index (χ2v) is 7.66. The van der Waals surface area contributed by atoms with Gasteiger partial charge in [-0.1, -0.05) is 19.3 Å². The number of ether oxygens (including phenoxy) is 1. The van der Waals surface area contributed by atoms with Gasteiger partial charge in [0.25, 0.3) is 0 Å². The van der Waals surface area contributed by atoms with Crippen molar-refractivity contribution in [3.8, 4) is 0 Å². The van der Waals surface area contributed by atoms with Crippen LogP contribution < -0.4 is 10.6 Å². The van der Waals surface area contributed by atoms with Gasteiger partial charge in [-0.3, -0.25) is 4.68 Å². The summed E-state index contributed by atoms with van der Waals surface area (Å²) in [4.78, 5) is 12.1. The summed E-state index contributed by atoms with van der Waals surface area (Å²) in [5.41, 5.74) is 1.30. The topological polar surface area (TPSA) is 68.2 Å². The van der Waals surface area contributed by atoms with Crippen LogP contribution in [-0.2, 0) is 18.2 Å². The number of carbonyl (C=O) groups excluding carboxylic acids is 1. The predicted octanol–water partition coefficient (Wildman–Crippen LogP) is 2.92. The van der Waals surface area contributed by atoms with Crippen LogP contribution in [0.15, 0.2) is 12.4 Å². The van der Waals surface area contributed by atoms with Gasteiger partial charge in [-0.2, -0.15) is 5.10 Å². The molecule has 2 N–H and O–H groups in total. The number of amides is 2. The molecule has 1 saturated carbocycles. The number of hydrogen-bond acceptors (Lipinski definition) is 3. The van der Waals surface area contributed by atoms with E-state index < -0.39 is 0 Å². The van der Waals surface area contributed by atoms with Gasteiger partial charge in [-0.25, -0.2) is 4.79 Å². The number of hydrogen-bond donors (Lipinski definition) is 2. The molecule has 1 atom stereocenters. The van der Waals surface area contributed by atoms with Gasteiger partial charge in [0.2, 0.25) is 0 Å². The summed E-state index contributed by atoms with van der Waals surface area (Å²) in [5, 5.41) is 10.3. The highest BCUT2D eigenvalue weighted by molar-refractivity contribution is 5.74. The van der Waals surface area contributed by atoms with E-state index in [4.69, 9.17) is 4.74 Å². The average Bonchev–Trinajstić information content (AvgIpc) is 3.00. The zero-order valence-electron chi connectivity index (χ0n) is 15.4. The number of unbranched alkanes of at least 4 members (excludes halogenated alkanes) is 1. The number of rotatable bonds is 6. The molecule has 1 aliphatic heterocycles. The van der Waals surface area contributed by atoms with Crippen LogP contribution in [0.25, 0.3) is 0 Å². The summed E-state index contributed by atoms with van der Waals surface area (Å²) in [6.07, 6.45) is 15.1. The molecule has 1 aromatic heterocycles. The van der Waals surface area contributed by atoms with Crippen LogP contribution in [0, 0.1) is 0 Å². The summed E-state index contributed by atoms with van der Waals surface area (Å²) < 4.78 is 7.92. The Bertz CT molecular complexity index is 546. The number of aryl methyl sites for hydroxylation is 2.